The maximum absolute atomic E-state index is 11.8. The molecule has 0 unspecified atom stereocenters. The van der Waals surface area contributed by atoms with Crippen LogP contribution in [0, 0.1) is 5.92 Å². The topological polar surface area (TPSA) is 31.2 Å². The van der Waals surface area contributed by atoms with Crippen LogP contribution in [0.5, 0.6) is 0 Å². The Morgan fingerprint density at radius 1 is 1.29 bits per heavy atom. The first-order chi connectivity index (χ1) is 8.34. The monoisotopic (exact) mass is 233 g/mol. The molecular formula is C14H19NO2. The number of fused-ring (bicyclic) bond motifs is 1. The van der Waals surface area contributed by atoms with Gasteiger partial charge >= 0.3 is 0 Å². The molecule has 0 N–H and O–H groups in total. The van der Waals surface area contributed by atoms with Crippen molar-refractivity contribution in [2.24, 2.45) is 5.92 Å². The van der Waals surface area contributed by atoms with Crippen LogP contribution in [0.4, 0.5) is 0 Å². The molecule has 3 heteroatoms. The average molecular weight is 233 g/mol. The number of aromatic nitrogens is 1. The van der Waals surface area contributed by atoms with Gasteiger partial charge in [-0.25, -0.2) is 0 Å². The summed E-state index contributed by atoms with van der Waals surface area (Å²) in [5.74, 6) is 1.05. The van der Waals surface area contributed by atoms with E-state index in [1.807, 2.05) is 6.07 Å². The smallest absolute Gasteiger partial charge is 0.164 e. The summed E-state index contributed by atoms with van der Waals surface area (Å²) in [4.78, 5) is 11.8. The molecule has 1 saturated heterocycles. The van der Waals surface area contributed by atoms with Gasteiger partial charge in [0.1, 0.15) is 0 Å². The normalized spacial score (nSPS) is 21.5. The molecule has 3 rings (SSSR count). The minimum atomic E-state index is 0.331. The lowest BCUT2D eigenvalue weighted by atomic mass is 9.96. The van der Waals surface area contributed by atoms with Crippen molar-refractivity contribution in [2.75, 3.05) is 13.2 Å². The lowest BCUT2D eigenvalue weighted by molar-refractivity contribution is 0.0610. The van der Waals surface area contributed by atoms with Gasteiger partial charge in [-0.2, -0.15) is 0 Å². The van der Waals surface area contributed by atoms with Gasteiger partial charge in [0, 0.05) is 43.6 Å². The predicted molar refractivity (Wildman–Crippen MR) is 65.2 cm³/mol. The average Bonchev–Trinajstić information content (AvgIpc) is 2.76. The predicted octanol–water partition coefficient (Wildman–Crippen LogP) is 2.43. The minimum absolute atomic E-state index is 0.331. The molecule has 1 aliphatic heterocycles. The summed E-state index contributed by atoms with van der Waals surface area (Å²) in [6.07, 6.45) is 7.22. The molecule has 0 atom stereocenters. The Hall–Kier alpha value is -1.09. The molecular weight excluding hydrogens is 214 g/mol. The number of hydrogen-bond acceptors (Lipinski definition) is 2. The Morgan fingerprint density at radius 2 is 2.12 bits per heavy atom. The number of nitrogens with zero attached hydrogens (tertiary/aromatic N) is 1. The van der Waals surface area contributed by atoms with Crippen LogP contribution < -0.4 is 0 Å². The first-order valence-corrected chi connectivity index (χ1v) is 6.63. The summed E-state index contributed by atoms with van der Waals surface area (Å²) in [5.41, 5.74) is 2.25. The molecule has 0 spiro atoms. The van der Waals surface area contributed by atoms with Crippen molar-refractivity contribution in [1.82, 2.24) is 4.57 Å². The van der Waals surface area contributed by atoms with E-state index in [0.29, 0.717) is 5.78 Å². The quantitative estimate of drug-likeness (QED) is 0.785. The summed E-state index contributed by atoms with van der Waals surface area (Å²) in [5, 5.41) is 0. The SMILES string of the molecule is O=C1CCCc2c1ccn2CC1CCOCC1. The molecule has 0 saturated carbocycles. The van der Waals surface area contributed by atoms with Crippen LogP contribution in [0.2, 0.25) is 0 Å². The molecule has 1 aliphatic carbocycles. The summed E-state index contributed by atoms with van der Waals surface area (Å²) in [6, 6.07) is 2.01. The summed E-state index contributed by atoms with van der Waals surface area (Å²) >= 11 is 0. The van der Waals surface area contributed by atoms with Crippen LogP contribution >= 0.6 is 0 Å². The Balaban J connectivity index is 1.77. The molecule has 1 aromatic rings. The van der Waals surface area contributed by atoms with E-state index < -0.39 is 0 Å². The zero-order valence-corrected chi connectivity index (χ0v) is 10.2. The van der Waals surface area contributed by atoms with E-state index in [4.69, 9.17) is 4.74 Å². The van der Waals surface area contributed by atoms with E-state index in [9.17, 15) is 4.79 Å². The number of ketones is 1. The van der Waals surface area contributed by atoms with Crippen molar-refractivity contribution >= 4 is 5.78 Å². The van der Waals surface area contributed by atoms with E-state index >= 15 is 0 Å². The molecule has 2 heterocycles. The third-order valence-electron chi connectivity index (χ3n) is 3.99. The number of rotatable bonds is 2. The van der Waals surface area contributed by atoms with Gasteiger partial charge in [-0.3, -0.25) is 4.79 Å². The van der Waals surface area contributed by atoms with Crippen LogP contribution in [-0.2, 0) is 17.7 Å². The van der Waals surface area contributed by atoms with Crippen molar-refractivity contribution in [2.45, 2.75) is 38.6 Å². The van der Waals surface area contributed by atoms with E-state index in [0.717, 1.165) is 63.3 Å². The minimum Gasteiger partial charge on any atom is -0.381 e. The molecule has 0 bridgehead atoms. The third-order valence-corrected chi connectivity index (χ3v) is 3.99. The van der Waals surface area contributed by atoms with Crippen LogP contribution in [-0.4, -0.2) is 23.6 Å². The highest BCUT2D eigenvalue weighted by atomic mass is 16.5. The zero-order chi connectivity index (χ0) is 11.7. The van der Waals surface area contributed by atoms with Crippen molar-refractivity contribution < 1.29 is 9.53 Å². The summed E-state index contributed by atoms with van der Waals surface area (Å²) in [7, 11) is 0. The van der Waals surface area contributed by atoms with E-state index in [-0.39, 0.29) is 0 Å². The van der Waals surface area contributed by atoms with E-state index in [1.54, 1.807) is 0 Å². The van der Waals surface area contributed by atoms with Crippen LogP contribution in [0.1, 0.15) is 41.7 Å². The maximum atomic E-state index is 11.8. The number of carbonyl (C=O) groups excluding carboxylic acids is 1. The Bertz CT molecular complexity index is 416. The van der Waals surface area contributed by atoms with Crippen molar-refractivity contribution in [3.8, 4) is 0 Å². The van der Waals surface area contributed by atoms with Crippen LogP contribution in [0.15, 0.2) is 12.3 Å². The standard InChI is InChI=1S/C14H19NO2/c16-14-3-1-2-13-12(14)4-7-15(13)10-11-5-8-17-9-6-11/h4,7,11H,1-3,5-6,8-10H2. The fourth-order valence-corrected chi connectivity index (χ4v) is 2.97. The number of ether oxygens (including phenoxy) is 1. The first-order valence-electron chi connectivity index (χ1n) is 6.63. The molecule has 17 heavy (non-hydrogen) atoms. The van der Waals surface area contributed by atoms with Crippen molar-refractivity contribution in [1.29, 1.82) is 0 Å². The van der Waals surface area contributed by atoms with Gasteiger partial charge in [0.2, 0.25) is 0 Å². The van der Waals surface area contributed by atoms with E-state index in [1.165, 1.54) is 5.69 Å². The molecule has 1 fully saturated rings. The second kappa shape index (κ2) is 4.65. The molecule has 92 valence electrons. The fraction of sp³-hybridized carbons (Fsp3) is 0.643. The number of carbonyl (C=O) groups is 1. The second-order valence-corrected chi connectivity index (χ2v) is 5.16. The molecule has 0 amide bonds. The van der Waals surface area contributed by atoms with Crippen molar-refractivity contribution in [3.05, 3.63) is 23.5 Å². The highest BCUT2D eigenvalue weighted by Gasteiger charge is 2.22. The van der Waals surface area contributed by atoms with Gasteiger partial charge in [0.05, 0.1) is 0 Å². The van der Waals surface area contributed by atoms with Crippen LogP contribution in [0.3, 0.4) is 0 Å². The third kappa shape index (κ3) is 2.16. The zero-order valence-electron chi connectivity index (χ0n) is 10.2. The number of Topliss-reactive ketones (excluding diaryl/α,β-unsaturated/α-hetero) is 1. The van der Waals surface area contributed by atoms with Crippen LogP contribution in [0.25, 0.3) is 0 Å². The summed E-state index contributed by atoms with van der Waals surface area (Å²) < 4.78 is 7.69. The lowest BCUT2D eigenvalue weighted by Crippen LogP contribution is -2.22. The lowest BCUT2D eigenvalue weighted by Gasteiger charge is -2.24. The van der Waals surface area contributed by atoms with Crippen molar-refractivity contribution in [3.63, 3.8) is 0 Å². The summed E-state index contributed by atoms with van der Waals surface area (Å²) in [6.45, 7) is 2.85. The Labute approximate surface area is 102 Å². The maximum Gasteiger partial charge on any atom is 0.164 e. The second-order valence-electron chi connectivity index (χ2n) is 5.16. The molecule has 0 radical (unpaired) electrons. The highest BCUT2D eigenvalue weighted by molar-refractivity contribution is 5.98. The molecule has 3 nitrogen and oxygen atoms in total. The Morgan fingerprint density at radius 3 is 2.94 bits per heavy atom. The van der Waals surface area contributed by atoms with Gasteiger partial charge in [0.15, 0.2) is 5.78 Å². The molecule has 2 aliphatic rings. The van der Waals surface area contributed by atoms with E-state index in [2.05, 4.69) is 10.8 Å². The fourth-order valence-electron chi connectivity index (χ4n) is 2.97. The highest BCUT2D eigenvalue weighted by Crippen LogP contribution is 2.25. The van der Waals surface area contributed by atoms with Gasteiger partial charge < -0.3 is 9.30 Å². The van der Waals surface area contributed by atoms with Gasteiger partial charge in [-0.05, 0) is 37.7 Å². The first kappa shape index (κ1) is 11.0. The van der Waals surface area contributed by atoms with Gasteiger partial charge in [0.25, 0.3) is 0 Å². The van der Waals surface area contributed by atoms with Gasteiger partial charge in [-0.1, -0.05) is 0 Å². The Kier molecular flexibility index (Phi) is 3.02. The number of hydrogen-bond donors (Lipinski definition) is 0. The van der Waals surface area contributed by atoms with Gasteiger partial charge in [-0.15, -0.1) is 0 Å². The largest absolute Gasteiger partial charge is 0.381 e. The molecule has 1 aromatic heterocycles. The molecule has 0 aromatic carbocycles.